The molecule has 13 heavy (non-hydrogen) atoms. The molecule has 0 spiro atoms. The molecule has 1 nitrogen and oxygen atoms in total. The van der Waals surface area contributed by atoms with Gasteiger partial charge in [-0.25, -0.2) is 0 Å². The molecule has 0 fully saturated rings. The van der Waals surface area contributed by atoms with E-state index >= 15 is 0 Å². The molecular weight excluding hydrogens is 158 g/mol. The number of allylic oxidation sites excluding steroid dienone is 1. The second kappa shape index (κ2) is 5.21. The predicted octanol–water partition coefficient (Wildman–Crippen LogP) is 3.95. The van der Waals surface area contributed by atoms with Crippen molar-refractivity contribution in [1.29, 1.82) is 0 Å². The van der Waals surface area contributed by atoms with Crippen LogP contribution in [0.4, 0.5) is 0 Å². The van der Waals surface area contributed by atoms with Crippen molar-refractivity contribution in [2.24, 2.45) is 10.4 Å². The van der Waals surface area contributed by atoms with Gasteiger partial charge in [0.15, 0.2) is 0 Å². The maximum Gasteiger partial charge on any atom is 0.0253 e. The molecule has 74 valence electrons. The van der Waals surface area contributed by atoms with E-state index in [2.05, 4.69) is 31.1 Å². The Balaban J connectivity index is 2.44. The Labute approximate surface area is 82.0 Å². The topological polar surface area (TPSA) is 12.4 Å². The van der Waals surface area contributed by atoms with Gasteiger partial charge < -0.3 is 0 Å². The molecule has 1 aliphatic rings. The van der Waals surface area contributed by atoms with Crippen molar-refractivity contribution in [3.63, 3.8) is 0 Å². The summed E-state index contributed by atoms with van der Waals surface area (Å²) in [7, 11) is 0. The van der Waals surface area contributed by atoms with Gasteiger partial charge in [0.05, 0.1) is 0 Å². The molecule has 0 saturated heterocycles. The quantitative estimate of drug-likeness (QED) is 0.585. The zero-order chi connectivity index (χ0) is 9.57. The summed E-state index contributed by atoms with van der Waals surface area (Å²) in [5, 5.41) is 0. The van der Waals surface area contributed by atoms with E-state index in [9.17, 15) is 0 Å². The second-order valence-electron chi connectivity index (χ2n) is 4.03. The lowest BCUT2D eigenvalue weighted by molar-refractivity contribution is 0.428. The summed E-state index contributed by atoms with van der Waals surface area (Å²) in [5.74, 6) is 0. The highest BCUT2D eigenvalue weighted by Crippen LogP contribution is 2.33. The third-order valence-corrected chi connectivity index (χ3v) is 2.82. The first-order valence-corrected chi connectivity index (χ1v) is 5.55. The zero-order valence-electron chi connectivity index (χ0n) is 8.92. The van der Waals surface area contributed by atoms with Crippen molar-refractivity contribution >= 4 is 6.21 Å². The van der Waals surface area contributed by atoms with Crippen LogP contribution < -0.4 is 0 Å². The second-order valence-corrected chi connectivity index (χ2v) is 4.03. The van der Waals surface area contributed by atoms with E-state index in [1.807, 2.05) is 6.20 Å². The molecule has 0 aliphatic carbocycles. The molecule has 0 atom stereocenters. The first-order valence-electron chi connectivity index (χ1n) is 5.55. The number of nitrogens with zero attached hydrogens (tertiary/aromatic N) is 1. The predicted molar refractivity (Wildman–Crippen MR) is 59.1 cm³/mol. The molecule has 0 radical (unpaired) electrons. The van der Waals surface area contributed by atoms with Gasteiger partial charge in [-0.05, 0) is 12.8 Å². The fraction of sp³-hybridized carbons (Fsp3) is 0.750. The van der Waals surface area contributed by atoms with Crippen LogP contribution >= 0.6 is 0 Å². The van der Waals surface area contributed by atoms with E-state index in [0.29, 0.717) is 5.41 Å². The van der Waals surface area contributed by atoms with Crippen molar-refractivity contribution in [2.75, 3.05) is 0 Å². The summed E-state index contributed by atoms with van der Waals surface area (Å²) < 4.78 is 0. The highest BCUT2D eigenvalue weighted by Gasteiger charge is 2.25. The van der Waals surface area contributed by atoms with Gasteiger partial charge in [0.2, 0.25) is 0 Å². The summed E-state index contributed by atoms with van der Waals surface area (Å²) in [6.45, 7) is 4.51. The average molecular weight is 179 g/mol. The van der Waals surface area contributed by atoms with Gasteiger partial charge in [0, 0.05) is 17.8 Å². The maximum absolute atomic E-state index is 4.24. The molecule has 0 amide bonds. The standard InChI is InChI=1S/C12H21N/c1-3-5-7-12(8-6-4-2)9-10-13-11-12/h9-11H,3-8H2,1-2H3. The number of aliphatic imine (C=N–C) groups is 1. The van der Waals surface area contributed by atoms with Gasteiger partial charge in [0.1, 0.15) is 0 Å². The van der Waals surface area contributed by atoms with Crippen LogP contribution in [-0.4, -0.2) is 6.21 Å². The zero-order valence-corrected chi connectivity index (χ0v) is 8.92. The van der Waals surface area contributed by atoms with Crippen LogP contribution in [0.1, 0.15) is 52.4 Å². The van der Waals surface area contributed by atoms with Gasteiger partial charge >= 0.3 is 0 Å². The Hall–Kier alpha value is -0.590. The summed E-state index contributed by atoms with van der Waals surface area (Å²) in [6, 6.07) is 0. The smallest absolute Gasteiger partial charge is 0.0253 e. The van der Waals surface area contributed by atoms with E-state index in [4.69, 9.17) is 0 Å². The van der Waals surface area contributed by atoms with Crippen LogP contribution in [0.25, 0.3) is 0 Å². The minimum absolute atomic E-state index is 0.325. The van der Waals surface area contributed by atoms with E-state index in [1.54, 1.807) is 0 Å². The molecule has 0 aromatic carbocycles. The molecule has 1 aliphatic heterocycles. The molecule has 1 heterocycles. The molecule has 0 aromatic rings. The highest BCUT2D eigenvalue weighted by atomic mass is 14.7. The average Bonchev–Trinajstić information content (AvgIpc) is 2.61. The lowest BCUT2D eigenvalue weighted by atomic mass is 9.80. The maximum atomic E-state index is 4.24. The number of hydrogen-bond acceptors (Lipinski definition) is 1. The van der Waals surface area contributed by atoms with Crippen LogP contribution in [0.2, 0.25) is 0 Å². The minimum Gasteiger partial charge on any atom is -0.268 e. The summed E-state index contributed by atoms with van der Waals surface area (Å²) in [4.78, 5) is 4.24. The Morgan fingerprint density at radius 3 is 2.08 bits per heavy atom. The van der Waals surface area contributed by atoms with Crippen LogP contribution in [0.15, 0.2) is 17.3 Å². The summed E-state index contributed by atoms with van der Waals surface area (Å²) >= 11 is 0. The van der Waals surface area contributed by atoms with Crippen LogP contribution in [0.5, 0.6) is 0 Å². The van der Waals surface area contributed by atoms with Crippen molar-refractivity contribution in [2.45, 2.75) is 52.4 Å². The summed E-state index contributed by atoms with van der Waals surface area (Å²) in [5.41, 5.74) is 0.325. The molecule has 0 unspecified atom stereocenters. The Kier molecular flexibility index (Phi) is 4.20. The third-order valence-electron chi connectivity index (χ3n) is 2.82. The van der Waals surface area contributed by atoms with Crippen LogP contribution in [-0.2, 0) is 0 Å². The van der Waals surface area contributed by atoms with Gasteiger partial charge in [-0.15, -0.1) is 0 Å². The Morgan fingerprint density at radius 2 is 1.69 bits per heavy atom. The number of hydrogen-bond donors (Lipinski definition) is 0. The first-order chi connectivity index (χ1) is 6.33. The van der Waals surface area contributed by atoms with Crippen LogP contribution in [0, 0.1) is 5.41 Å². The molecule has 0 saturated carbocycles. The molecule has 0 N–H and O–H groups in total. The number of rotatable bonds is 6. The highest BCUT2D eigenvalue weighted by molar-refractivity contribution is 5.72. The molecule has 0 aromatic heterocycles. The molecule has 0 bridgehead atoms. The van der Waals surface area contributed by atoms with Gasteiger partial charge in [-0.3, -0.25) is 4.99 Å². The fourth-order valence-corrected chi connectivity index (χ4v) is 1.86. The third kappa shape index (κ3) is 2.98. The summed E-state index contributed by atoms with van der Waals surface area (Å²) in [6.07, 6.45) is 14.2. The Morgan fingerprint density at radius 1 is 1.08 bits per heavy atom. The van der Waals surface area contributed by atoms with Gasteiger partial charge in [-0.2, -0.15) is 0 Å². The largest absolute Gasteiger partial charge is 0.268 e. The SMILES string of the molecule is CCCCC1(CCCC)C=CN=C1. The molecule has 1 heteroatoms. The monoisotopic (exact) mass is 179 g/mol. The minimum atomic E-state index is 0.325. The molecular formula is C12H21N. The van der Waals surface area contributed by atoms with Gasteiger partial charge in [0.25, 0.3) is 0 Å². The normalized spacial score (nSPS) is 18.3. The van der Waals surface area contributed by atoms with Gasteiger partial charge in [-0.1, -0.05) is 45.6 Å². The van der Waals surface area contributed by atoms with Crippen molar-refractivity contribution in [1.82, 2.24) is 0 Å². The van der Waals surface area contributed by atoms with Crippen molar-refractivity contribution < 1.29 is 0 Å². The lowest BCUT2D eigenvalue weighted by Crippen LogP contribution is -2.17. The number of unbranched alkanes of at least 4 members (excludes halogenated alkanes) is 2. The Bertz CT molecular complexity index is 169. The van der Waals surface area contributed by atoms with E-state index in [-0.39, 0.29) is 0 Å². The van der Waals surface area contributed by atoms with Crippen molar-refractivity contribution in [3.05, 3.63) is 12.3 Å². The fourth-order valence-electron chi connectivity index (χ4n) is 1.86. The lowest BCUT2D eigenvalue weighted by Gasteiger charge is -2.23. The van der Waals surface area contributed by atoms with E-state index in [1.165, 1.54) is 38.5 Å². The van der Waals surface area contributed by atoms with E-state index in [0.717, 1.165) is 0 Å². The van der Waals surface area contributed by atoms with Crippen molar-refractivity contribution in [3.8, 4) is 0 Å². The van der Waals surface area contributed by atoms with E-state index < -0.39 is 0 Å². The molecule has 1 rings (SSSR count). The first kappa shape index (κ1) is 10.5. The van der Waals surface area contributed by atoms with Crippen LogP contribution in [0.3, 0.4) is 0 Å².